The van der Waals surface area contributed by atoms with Crippen LogP contribution in [-0.2, 0) is 5.60 Å². The Morgan fingerprint density at radius 2 is 1.92 bits per heavy atom. The Morgan fingerprint density at radius 3 is 2.53 bits per heavy atom. The van der Waals surface area contributed by atoms with Gasteiger partial charge in [-0.15, -0.1) is 0 Å². The molecule has 0 aliphatic heterocycles. The van der Waals surface area contributed by atoms with Crippen LogP contribution in [0.25, 0.3) is 22.3 Å². The number of hydrogen-bond acceptors (Lipinski definition) is 6. The average molecular weight is 518 g/mol. The van der Waals surface area contributed by atoms with E-state index in [9.17, 15) is 10.2 Å². The first-order valence-electron chi connectivity index (χ1n) is 12.8. The molecule has 1 fully saturated rings. The smallest absolute Gasteiger partial charge is 0.223 e. The van der Waals surface area contributed by atoms with Gasteiger partial charge >= 0.3 is 0 Å². The Labute approximate surface area is 217 Å². The summed E-state index contributed by atoms with van der Waals surface area (Å²) in [6.07, 6.45) is 4.74. The predicted molar refractivity (Wildman–Crippen MR) is 142 cm³/mol. The second-order valence-electron chi connectivity index (χ2n) is 11.3. The van der Waals surface area contributed by atoms with Crippen molar-refractivity contribution in [1.29, 1.82) is 0 Å². The van der Waals surface area contributed by atoms with Crippen LogP contribution < -0.4 is 5.32 Å². The van der Waals surface area contributed by atoms with Crippen molar-refractivity contribution in [2.24, 2.45) is 11.8 Å². The SMILES string of the molecule is CC(C)CC1CCC(Nc2ncc(Cl)c(-c3cc(F)c4nc(C(C)(C)O)n(C(C)C)c4c3)n2)C(O)C1. The van der Waals surface area contributed by atoms with Crippen molar-refractivity contribution in [3.8, 4) is 11.3 Å². The minimum absolute atomic E-state index is 0.0588. The number of nitrogens with one attached hydrogen (secondary N) is 1. The van der Waals surface area contributed by atoms with Gasteiger partial charge in [0.2, 0.25) is 5.95 Å². The van der Waals surface area contributed by atoms with Crippen molar-refractivity contribution in [1.82, 2.24) is 19.5 Å². The van der Waals surface area contributed by atoms with Gasteiger partial charge < -0.3 is 20.1 Å². The molecule has 3 N–H and O–H groups in total. The lowest BCUT2D eigenvalue weighted by molar-refractivity contribution is 0.0641. The van der Waals surface area contributed by atoms with E-state index in [1.165, 1.54) is 12.3 Å². The van der Waals surface area contributed by atoms with Gasteiger partial charge in [0.1, 0.15) is 16.9 Å². The number of benzene rings is 1. The molecule has 36 heavy (non-hydrogen) atoms. The molecule has 1 saturated carbocycles. The fraction of sp³-hybridized carbons (Fsp3) is 0.593. The van der Waals surface area contributed by atoms with E-state index in [0.29, 0.717) is 45.4 Å². The summed E-state index contributed by atoms with van der Waals surface area (Å²) in [5.41, 5.74) is 0.378. The van der Waals surface area contributed by atoms with E-state index in [4.69, 9.17) is 11.6 Å². The largest absolute Gasteiger partial charge is 0.391 e. The van der Waals surface area contributed by atoms with Crippen molar-refractivity contribution in [3.05, 3.63) is 35.0 Å². The third kappa shape index (κ3) is 5.50. The average Bonchev–Trinajstić information content (AvgIpc) is 3.17. The van der Waals surface area contributed by atoms with E-state index in [1.807, 2.05) is 18.4 Å². The zero-order valence-electron chi connectivity index (χ0n) is 21.9. The lowest BCUT2D eigenvalue weighted by atomic mass is 9.80. The summed E-state index contributed by atoms with van der Waals surface area (Å²) >= 11 is 6.47. The minimum atomic E-state index is -1.24. The second-order valence-corrected chi connectivity index (χ2v) is 11.7. The molecule has 0 radical (unpaired) electrons. The summed E-state index contributed by atoms with van der Waals surface area (Å²) in [5.74, 6) is 1.35. The molecule has 9 heteroatoms. The number of aliphatic hydroxyl groups excluding tert-OH is 1. The summed E-state index contributed by atoms with van der Waals surface area (Å²) in [7, 11) is 0. The lowest BCUT2D eigenvalue weighted by Gasteiger charge is -2.34. The van der Waals surface area contributed by atoms with Crippen LogP contribution in [0.3, 0.4) is 0 Å². The van der Waals surface area contributed by atoms with Crippen molar-refractivity contribution in [2.75, 3.05) is 5.32 Å². The highest BCUT2D eigenvalue weighted by Gasteiger charge is 2.31. The molecule has 0 saturated heterocycles. The first-order chi connectivity index (χ1) is 16.8. The van der Waals surface area contributed by atoms with Crippen LogP contribution in [0.1, 0.15) is 79.1 Å². The molecule has 1 aliphatic carbocycles. The van der Waals surface area contributed by atoms with Crippen LogP contribution in [0.5, 0.6) is 0 Å². The van der Waals surface area contributed by atoms with Crippen LogP contribution in [-0.4, -0.2) is 41.9 Å². The predicted octanol–water partition coefficient (Wildman–Crippen LogP) is 6.08. The van der Waals surface area contributed by atoms with E-state index >= 15 is 4.39 Å². The number of hydrogen-bond donors (Lipinski definition) is 3. The van der Waals surface area contributed by atoms with Gasteiger partial charge in [-0.2, -0.15) is 0 Å². The highest BCUT2D eigenvalue weighted by molar-refractivity contribution is 6.33. The van der Waals surface area contributed by atoms with Gasteiger partial charge in [0.15, 0.2) is 5.82 Å². The Bertz CT molecular complexity index is 1240. The lowest BCUT2D eigenvalue weighted by Crippen LogP contribution is -2.40. The van der Waals surface area contributed by atoms with E-state index < -0.39 is 17.5 Å². The summed E-state index contributed by atoms with van der Waals surface area (Å²) in [6, 6.07) is 2.94. The molecule has 196 valence electrons. The number of rotatable bonds is 7. The van der Waals surface area contributed by atoms with Gasteiger partial charge in [-0.25, -0.2) is 19.3 Å². The molecular formula is C27H37ClFN5O2. The van der Waals surface area contributed by atoms with Crippen molar-refractivity contribution in [3.63, 3.8) is 0 Å². The third-order valence-corrected chi connectivity index (χ3v) is 7.15. The van der Waals surface area contributed by atoms with E-state index in [-0.39, 0.29) is 17.6 Å². The molecular weight excluding hydrogens is 481 g/mol. The van der Waals surface area contributed by atoms with Gasteiger partial charge in [0.05, 0.1) is 34.6 Å². The minimum Gasteiger partial charge on any atom is -0.391 e. The number of fused-ring (bicyclic) bond motifs is 1. The molecule has 1 aromatic carbocycles. The molecule has 7 nitrogen and oxygen atoms in total. The first-order valence-corrected chi connectivity index (χ1v) is 13.1. The van der Waals surface area contributed by atoms with Gasteiger partial charge in [-0.05, 0) is 77.3 Å². The molecule has 3 aromatic rings. The van der Waals surface area contributed by atoms with Gasteiger partial charge in [-0.3, -0.25) is 0 Å². The standard InChI is InChI=1S/C27H37ClFN5O2/c1-14(2)9-16-7-8-20(22(35)10-16)31-26-30-13-18(28)23(33-26)17-11-19(29)24-21(12-17)34(15(3)4)25(32-24)27(5,6)36/h11-16,20,22,35-36H,7-10H2,1-6H3,(H,30,31,33). The Kier molecular flexibility index (Phi) is 7.60. The molecule has 3 atom stereocenters. The number of aliphatic hydroxyl groups is 2. The van der Waals surface area contributed by atoms with Crippen LogP contribution in [0.15, 0.2) is 18.3 Å². The zero-order valence-corrected chi connectivity index (χ0v) is 22.6. The number of imidazole rings is 1. The Hall–Kier alpha value is -2.29. The van der Waals surface area contributed by atoms with Crippen LogP contribution in [0.4, 0.5) is 10.3 Å². The molecule has 0 spiro atoms. The number of nitrogens with zero attached hydrogens (tertiary/aromatic N) is 4. The normalized spacial score (nSPS) is 21.1. The van der Waals surface area contributed by atoms with Gasteiger partial charge in [-0.1, -0.05) is 25.4 Å². The topological polar surface area (TPSA) is 96.1 Å². The summed E-state index contributed by atoms with van der Waals surface area (Å²) in [6.45, 7) is 11.6. The highest BCUT2D eigenvalue weighted by Crippen LogP contribution is 2.35. The van der Waals surface area contributed by atoms with Gasteiger partial charge in [0, 0.05) is 11.6 Å². The van der Waals surface area contributed by atoms with Crippen LogP contribution >= 0.6 is 11.6 Å². The fourth-order valence-electron chi connectivity index (χ4n) is 5.33. The molecule has 3 unspecified atom stereocenters. The summed E-state index contributed by atoms with van der Waals surface area (Å²) in [4.78, 5) is 13.3. The molecule has 4 rings (SSSR count). The summed E-state index contributed by atoms with van der Waals surface area (Å²) < 4.78 is 17.1. The second kappa shape index (κ2) is 10.2. The maximum absolute atomic E-state index is 15.3. The molecule has 0 bridgehead atoms. The first kappa shape index (κ1) is 26.8. The van der Waals surface area contributed by atoms with Crippen molar-refractivity contribution >= 4 is 28.6 Å². The Balaban J connectivity index is 1.67. The monoisotopic (exact) mass is 517 g/mol. The maximum Gasteiger partial charge on any atom is 0.223 e. The van der Waals surface area contributed by atoms with Crippen molar-refractivity contribution in [2.45, 2.75) is 91.0 Å². The Morgan fingerprint density at radius 1 is 1.19 bits per heavy atom. The number of aromatic nitrogens is 4. The quantitative estimate of drug-likeness (QED) is 0.351. The van der Waals surface area contributed by atoms with Crippen LogP contribution in [0.2, 0.25) is 5.02 Å². The molecule has 2 heterocycles. The van der Waals surface area contributed by atoms with E-state index in [1.54, 1.807) is 19.9 Å². The fourth-order valence-corrected chi connectivity index (χ4v) is 5.53. The van der Waals surface area contributed by atoms with E-state index in [0.717, 1.165) is 25.7 Å². The van der Waals surface area contributed by atoms with Crippen molar-refractivity contribution < 1.29 is 14.6 Å². The third-order valence-electron chi connectivity index (χ3n) is 6.87. The van der Waals surface area contributed by atoms with E-state index in [2.05, 4.69) is 34.1 Å². The molecule has 0 amide bonds. The number of halogens is 2. The zero-order chi connectivity index (χ0) is 26.4. The van der Waals surface area contributed by atoms with Crippen LogP contribution in [0, 0.1) is 17.7 Å². The summed E-state index contributed by atoms with van der Waals surface area (Å²) in [5, 5.41) is 24.9. The number of anilines is 1. The van der Waals surface area contributed by atoms with Gasteiger partial charge in [0.25, 0.3) is 0 Å². The maximum atomic E-state index is 15.3. The molecule has 2 aromatic heterocycles. The highest BCUT2D eigenvalue weighted by atomic mass is 35.5. The molecule has 1 aliphatic rings.